The molecule has 0 radical (unpaired) electrons. The van der Waals surface area contributed by atoms with Gasteiger partial charge in [-0.2, -0.15) is 0 Å². The summed E-state index contributed by atoms with van der Waals surface area (Å²) >= 11 is 0. The van der Waals surface area contributed by atoms with Gasteiger partial charge >= 0.3 is 0 Å². The monoisotopic (exact) mass is 221 g/mol. The van der Waals surface area contributed by atoms with Gasteiger partial charge in [-0.25, -0.2) is 4.98 Å². The van der Waals surface area contributed by atoms with E-state index in [0.717, 1.165) is 18.4 Å². The van der Waals surface area contributed by atoms with Crippen LogP contribution in [0.1, 0.15) is 18.4 Å². The van der Waals surface area contributed by atoms with Crippen LogP contribution in [0.4, 0.5) is 5.82 Å². The van der Waals surface area contributed by atoms with E-state index < -0.39 is 0 Å². The molecule has 4 heteroatoms. The number of rotatable bonds is 6. The van der Waals surface area contributed by atoms with Gasteiger partial charge in [-0.1, -0.05) is 6.07 Å². The summed E-state index contributed by atoms with van der Waals surface area (Å²) < 4.78 is 0. The molecule has 0 spiro atoms. The smallest absolute Gasteiger partial charge is 0.128 e. The zero-order valence-electron chi connectivity index (χ0n) is 9.69. The van der Waals surface area contributed by atoms with Crippen LogP contribution in [0.15, 0.2) is 18.3 Å². The summed E-state index contributed by atoms with van der Waals surface area (Å²) in [6, 6.07) is 4.82. The molecule has 1 aromatic rings. The van der Waals surface area contributed by atoms with Crippen LogP contribution in [-0.2, 0) is 6.54 Å². The summed E-state index contributed by atoms with van der Waals surface area (Å²) in [5.74, 6) is 0.907. The average molecular weight is 221 g/mol. The first-order valence-corrected chi connectivity index (χ1v) is 5.80. The summed E-state index contributed by atoms with van der Waals surface area (Å²) in [7, 11) is 1.93. The third kappa shape index (κ3) is 3.18. The van der Waals surface area contributed by atoms with E-state index in [4.69, 9.17) is 5.11 Å². The molecule has 88 valence electrons. The van der Waals surface area contributed by atoms with Gasteiger partial charge in [0, 0.05) is 32.4 Å². The van der Waals surface area contributed by atoms with E-state index >= 15 is 0 Å². The second kappa shape index (κ2) is 5.27. The molecule has 2 N–H and O–H groups in total. The van der Waals surface area contributed by atoms with Crippen LogP contribution in [0.5, 0.6) is 0 Å². The lowest BCUT2D eigenvalue weighted by Gasteiger charge is -2.16. The molecule has 0 amide bonds. The highest BCUT2D eigenvalue weighted by atomic mass is 16.3. The minimum absolute atomic E-state index is 0.156. The summed E-state index contributed by atoms with van der Waals surface area (Å²) in [5.41, 5.74) is 1.22. The fourth-order valence-corrected chi connectivity index (χ4v) is 1.56. The molecule has 0 bridgehead atoms. The third-order valence-electron chi connectivity index (χ3n) is 2.81. The Morgan fingerprint density at radius 1 is 1.50 bits per heavy atom. The Morgan fingerprint density at radius 2 is 2.31 bits per heavy atom. The Hall–Kier alpha value is -1.13. The molecule has 2 rings (SSSR count). The molecule has 4 nitrogen and oxygen atoms in total. The predicted molar refractivity (Wildman–Crippen MR) is 64.5 cm³/mol. The maximum atomic E-state index is 8.83. The quantitative estimate of drug-likeness (QED) is 0.744. The minimum Gasteiger partial charge on any atom is -0.395 e. The molecule has 0 atom stereocenters. The van der Waals surface area contributed by atoms with Crippen molar-refractivity contribution in [2.75, 3.05) is 25.1 Å². The zero-order valence-corrected chi connectivity index (χ0v) is 9.69. The molecular formula is C12H19N3O. The van der Waals surface area contributed by atoms with Gasteiger partial charge in [0.15, 0.2) is 0 Å². The minimum atomic E-state index is 0.156. The molecule has 0 aliphatic heterocycles. The summed E-state index contributed by atoms with van der Waals surface area (Å²) in [6.45, 7) is 1.68. The number of aromatic nitrogens is 1. The van der Waals surface area contributed by atoms with E-state index in [2.05, 4.69) is 16.4 Å². The summed E-state index contributed by atoms with van der Waals surface area (Å²) in [4.78, 5) is 6.31. The Balaban J connectivity index is 1.87. The molecule has 1 aromatic heterocycles. The molecule has 1 heterocycles. The number of nitrogens with one attached hydrogen (secondary N) is 1. The first-order valence-electron chi connectivity index (χ1n) is 5.80. The van der Waals surface area contributed by atoms with Gasteiger partial charge in [0.05, 0.1) is 6.61 Å². The van der Waals surface area contributed by atoms with E-state index in [1.54, 1.807) is 0 Å². The lowest BCUT2D eigenvalue weighted by molar-refractivity contribution is 0.304. The van der Waals surface area contributed by atoms with Crippen molar-refractivity contribution in [2.24, 2.45) is 0 Å². The number of aliphatic hydroxyl groups excluding tert-OH is 1. The number of likely N-dealkylation sites (N-methyl/N-ethyl adjacent to an activating group) is 1. The molecule has 0 aromatic carbocycles. The highest BCUT2D eigenvalue weighted by Crippen LogP contribution is 2.19. The standard InChI is InChI=1S/C12H19N3O/c1-15(6-7-16)12-5-2-10(9-14-12)8-13-11-3-4-11/h2,5,9,11,13,16H,3-4,6-8H2,1H3. The van der Waals surface area contributed by atoms with E-state index in [-0.39, 0.29) is 6.61 Å². The van der Waals surface area contributed by atoms with Crippen molar-refractivity contribution in [1.29, 1.82) is 0 Å². The highest BCUT2D eigenvalue weighted by molar-refractivity contribution is 5.38. The molecule has 1 saturated carbocycles. The summed E-state index contributed by atoms with van der Waals surface area (Å²) in [6.07, 6.45) is 4.52. The highest BCUT2D eigenvalue weighted by Gasteiger charge is 2.19. The second-order valence-corrected chi connectivity index (χ2v) is 4.32. The first kappa shape index (κ1) is 11.4. The van der Waals surface area contributed by atoms with Crippen LogP contribution in [0.3, 0.4) is 0 Å². The number of nitrogens with zero attached hydrogens (tertiary/aromatic N) is 2. The Bertz CT molecular complexity index is 322. The SMILES string of the molecule is CN(CCO)c1ccc(CNC2CC2)cn1. The number of anilines is 1. The van der Waals surface area contributed by atoms with E-state index in [1.165, 1.54) is 18.4 Å². The number of aliphatic hydroxyl groups is 1. The van der Waals surface area contributed by atoms with E-state index in [1.807, 2.05) is 24.2 Å². The Kier molecular flexibility index (Phi) is 3.74. The van der Waals surface area contributed by atoms with Crippen molar-refractivity contribution in [3.05, 3.63) is 23.9 Å². The fourth-order valence-electron chi connectivity index (χ4n) is 1.56. The molecule has 16 heavy (non-hydrogen) atoms. The molecule has 0 unspecified atom stereocenters. The number of pyridine rings is 1. The zero-order chi connectivity index (χ0) is 11.4. The maximum Gasteiger partial charge on any atom is 0.128 e. The van der Waals surface area contributed by atoms with Crippen LogP contribution in [0.2, 0.25) is 0 Å². The number of hydrogen-bond acceptors (Lipinski definition) is 4. The summed E-state index contributed by atoms with van der Waals surface area (Å²) in [5, 5.41) is 12.3. The topological polar surface area (TPSA) is 48.4 Å². The van der Waals surface area contributed by atoms with Gasteiger partial charge in [-0.3, -0.25) is 0 Å². The van der Waals surface area contributed by atoms with Crippen molar-refractivity contribution in [3.63, 3.8) is 0 Å². The van der Waals surface area contributed by atoms with Crippen molar-refractivity contribution in [3.8, 4) is 0 Å². The van der Waals surface area contributed by atoms with Crippen LogP contribution in [0, 0.1) is 0 Å². The van der Waals surface area contributed by atoms with Gasteiger partial charge < -0.3 is 15.3 Å². The molecular weight excluding hydrogens is 202 g/mol. The van der Waals surface area contributed by atoms with E-state index in [0.29, 0.717) is 6.54 Å². The Labute approximate surface area is 96.3 Å². The molecule has 0 saturated heterocycles. The van der Waals surface area contributed by atoms with Crippen molar-refractivity contribution in [1.82, 2.24) is 10.3 Å². The largest absolute Gasteiger partial charge is 0.395 e. The second-order valence-electron chi connectivity index (χ2n) is 4.32. The lowest BCUT2D eigenvalue weighted by Crippen LogP contribution is -2.22. The lowest BCUT2D eigenvalue weighted by atomic mass is 10.2. The first-order chi connectivity index (χ1) is 7.79. The molecule has 1 aliphatic carbocycles. The predicted octanol–water partition coefficient (Wildman–Crippen LogP) is 0.762. The maximum absolute atomic E-state index is 8.83. The van der Waals surface area contributed by atoms with Crippen LogP contribution in [-0.4, -0.2) is 36.3 Å². The van der Waals surface area contributed by atoms with Crippen LogP contribution >= 0.6 is 0 Å². The van der Waals surface area contributed by atoms with Crippen molar-refractivity contribution >= 4 is 5.82 Å². The van der Waals surface area contributed by atoms with Crippen molar-refractivity contribution < 1.29 is 5.11 Å². The van der Waals surface area contributed by atoms with Crippen LogP contribution in [0.25, 0.3) is 0 Å². The number of hydrogen-bond donors (Lipinski definition) is 2. The molecule has 1 fully saturated rings. The van der Waals surface area contributed by atoms with Gasteiger partial charge in [0.1, 0.15) is 5.82 Å². The molecule has 1 aliphatic rings. The van der Waals surface area contributed by atoms with E-state index in [9.17, 15) is 0 Å². The van der Waals surface area contributed by atoms with Gasteiger partial charge in [-0.05, 0) is 24.5 Å². The van der Waals surface area contributed by atoms with Gasteiger partial charge in [0.2, 0.25) is 0 Å². The van der Waals surface area contributed by atoms with Crippen LogP contribution < -0.4 is 10.2 Å². The third-order valence-corrected chi connectivity index (χ3v) is 2.81. The van der Waals surface area contributed by atoms with Gasteiger partial charge in [0.25, 0.3) is 0 Å². The average Bonchev–Trinajstić information content (AvgIpc) is 3.11. The fraction of sp³-hybridized carbons (Fsp3) is 0.583. The Morgan fingerprint density at radius 3 is 2.88 bits per heavy atom. The van der Waals surface area contributed by atoms with Crippen molar-refractivity contribution in [2.45, 2.75) is 25.4 Å². The normalized spacial score (nSPS) is 15.1. The van der Waals surface area contributed by atoms with Gasteiger partial charge in [-0.15, -0.1) is 0 Å².